The van der Waals surface area contributed by atoms with Crippen LogP contribution in [0.4, 0.5) is 0 Å². The van der Waals surface area contributed by atoms with Crippen LogP contribution < -0.4 is 5.32 Å². The van der Waals surface area contributed by atoms with Crippen LogP contribution in [-0.4, -0.2) is 34.3 Å². The molecule has 3 N–H and O–H groups in total. The van der Waals surface area contributed by atoms with Crippen molar-refractivity contribution < 1.29 is 19.5 Å². The van der Waals surface area contributed by atoms with Gasteiger partial charge in [0, 0.05) is 24.7 Å². The van der Waals surface area contributed by atoms with E-state index in [1.807, 2.05) is 0 Å². The van der Waals surface area contributed by atoms with Crippen molar-refractivity contribution in [1.29, 1.82) is 0 Å². The van der Waals surface area contributed by atoms with Crippen LogP contribution in [0.5, 0.6) is 0 Å². The quantitative estimate of drug-likeness (QED) is 0.491. The number of hydrogen-bond acceptors (Lipinski definition) is 3. The Morgan fingerprint density at radius 2 is 2.00 bits per heavy atom. The maximum atomic E-state index is 11.7. The monoisotopic (exact) mass is 266 g/mol. The number of rotatable bonds is 8. The van der Waals surface area contributed by atoms with Crippen LogP contribution in [-0.2, 0) is 4.79 Å². The molecule has 0 aliphatic rings. The summed E-state index contributed by atoms with van der Waals surface area (Å²) in [5.74, 6) is -1.15. The topological polar surface area (TPSA) is 99.3 Å². The van der Waals surface area contributed by atoms with E-state index in [1.165, 1.54) is 19.2 Å². The first-order valence-electron chi connectivity index (χ1n) is 6.20. The van der Waals surface area contributed by atoms with E-state index >= 15 is 0 Å². The molecule has 19 heavy (non-hydrogen) atoms. The third-order valence-electron chi connectivity index (χ3n) is 2.69. The Labute approximate surface area is 111 Å². The molecule has 6 nitrogen and oxygen atoms in total. The molecule has 0 aliphatic heterocycles. The van der Waals surface area contributed by atoms with Gasteiger partial charge in [-0.2, -0.15) is 0 Å². The highest BCUT2D eigenvalue weighted by Gasteiger charge is 2.09. The number of unbranched alkanes of at least 4 members (excludes halogenated alkanes) is 2. The van der Waals surface area contributed by atoms with Gasteiger partial charge in [-0.15, -0.1) is 0 Å². The zero-order valence-corrected chi connectivity index (χ0v) is 10.9. The standard InChI is InChI=1S/C13H18N2O4/c1-9(16)10-7-11(15-8-10)13(19)14-6-4-2-3-5-12(17)18/h7-8,15H,2-6H2,1H3,(H,14,19)(H,17,18). The molecule has 0 bridgehead atoms. The number of Topliss-reactive ketones (excluding diaryl/α,β-unsaturated/α-hetero) is 1. The highest BCUT2D eigenvalue weighted by molar-refractivity contribution is 5.99. The first-order valence-corrected chi connectivity index (χ1v) is 6.20. The van der Waals surface area contributed by atoms with Crippen molar-refractivity contribution >= 4 is 17.7 Å². The minimum atomic E-state index is -0.799. The second-order valence-electron chi connectivity index (χ2n) is 4.32. The Hall–Kier alpha value is -2.11. The van der Waals surface area contributed by atoms with Crippen molar-refractivity contribution in [1.82, 2.24) is 10.3 Å². The van der Waals surface area contributed by atoms with Gasteiger partial charge in [0.2, 0.25) is 0 Å². The van der Waals surface area contributed by atoms with Crippen molar-refractivity contribution in [3.05, 3.63) is 23.5 Å². The molecule has 1 aromatic rings. The zero-order valence-electron chi connectivity index (χ0n) is 10.9. The Balaban J connectivity index is 2.23. The van der Waals surface area contributed by atoms with Gasteiger partial charge in [-0.05, 0) is 25.8 Å². The van der Waals surface area contributed by atoms with E-state index in [1.54, 1.807) is 0 Å². The number of ketones is 1. The van der Waals surface area contributed by atoms with Crippen LogP contribution in [0, 0.1) is 0 Å². The molecule has 1 rings (SSSR count). The molecular formula is C13H18N2O4. The number of carboxylic acids is 1. The number of hydrogen-bond donors (Lipinski definition) is 3. The number of amides is 1. The summed E-state index contributed by atoms with van der Waals surface area (Å²) >= 11 is 0. The minimum absolute atomic E-state index is 0.0935. The number of aromatic nitrogens is 1. The molecule has 1 heterocycles. The largest absolute Gasteiger partial charge is 0.481 e. The van der Waals surface area contributed by atoms with Crippen molar-refractivity contribution in [3.63, 3.8) is 0 Å². The maximum Gasteiger partial charge on any atom is 0.303 e. The normalized spacial score (nSPS) is 10.2. The molecule has 0 unspecified atom stereocenters. The third-order valence-corrected chi connectivity index (χ3v) is 2.69. The smallest absolute Gasteiger partial charge is 0.303 e. The summed E-state index contributed by atoms with van der Waals surface area (Å²) in [5, 5.41) is 11.2. The molecule has 104 valence electrons. The molecule has 0 saturated carbocycles. The van der Waals surface area contributed by atoms with Crippen LogP contribution >= 0.6 is 0 Å². The van der Waals surface area contributed by atoms with Crippen LogP contribution in [0.3, 0.4) is 0 Å². The second-order valence-corrected chi connectivity index (χ2v) is 4.32. The second kappa shape index (κ2) is 7.35. The molecule has 6 heteroatoms. The number of H-pyrrole nitrogens is 1. The van der Waals surface area contributed by atoms with E-state index < -0.39 is 5.97 Å². The summed E-state index contributed by atoms with van der Waals surface area (Å²) in [6.45, 7) is 1.93. The molecule has 0 aromatic carbocycles. The highest BCUT2D eigenvalue weighted by Crippen LogP contribution is 2.04. The van der Waals surface area contributed by atoms with Gasteiger partial charge < -0.3 is 15.4 Å². The Bertz CT molecular complexity index is 465. The van der Waals surface area contributed by atoms with Gasteiger partial charge in [0.15, 0.2) is 5.78 Å². The Kier molecular flexibility index (Phi) is 5.78. The lowest BCUT2D eigenvalue weighted by Crippen LogP contribution is -2.24. The van der Waals surface area contributed by atoms with Gasteiger partial charge in [-0.25, -0.2) is 0 Å². The van der Waals surface area contributed by atoms with Gasteiger partial charge in [0.05, 0.1) is 0 Å². The average molecular weight is 266 g/mol. The number of carbonyl (C=O) groups excluding carboxylic acids is 2. The summed E-state index contributed by atoms with van der Waals surface area (Å²) in [4.78, 5) is 35.8. The van der Waals surface area contributed by atoms with Crippen LogP contribution in [0.2, 0.25) is 0 Å². The number of carbonyl (C=O) groups is 3. The van der Waals surface area contributed by atoms with E-state index in [2.05, 4.69) is 10.3 Å². The molecule has 0 aliphatic carbocycles. The minimum Gasteiger partial charge on any atom is -0.481 e. The Morgan fingerprint density at radius 1 is 1.26 bits per heavy atom. The van der Waals surface area contributed by atoms with Gasteiger partial charge >= 0.3 is 5.97 Å². The summed E-state index contributed by atoms with van der Waals surface area (Å²) in [6.07, 6.45) is 3.77. The first kappa shape index (κ1) is 14.9. The lowest BCUT2D eigenvalue weighted by atomic mass is 10.2. The maximum absolute atomic E-state index is 11.7. The Morgan fingerprint density at radius 3 is 2.58 bits per heavy atom. The SMILES string of the molecule is CC(=O)c1c[nH]c(C(=O)NCCCCCC(=O)O)c1. The summed E-state index contributed by atoms with van der Waals surface area (Å²) in [6, 6.07) is 1.52. The van der Waals surface area contributed by atoms with Gasteiger partial charge in [0.25, 0.3) is 5.91 Å². The number of aromatic amines is 1. The summed E-state index contributed by atoms with van der Waals surface area (Å²) < 4.78 is 0. The number of nitrogens with one attached hydrogen (secondary N) is 2. The van der Waals surface area contributed by atoms with Crippen molar-refractivity contribution in [2.24, 2.45) is 0 Å². The molecule has 0 spiro atoms. The molecule has 0 fully saturated rings. The fraction of sp³-hybridized carbons (Fsp3) is 0.462. The molecular weight excluding hydrogens is 248 g/mol. The lowest BCUT2D eigenvalue weighted by molar-refractivity contribution is -0.137. The van der Waals surface area contributed by atoms with Crippen LogP contribution in [0.25, 0.3) is 0 Å². The summed E-state index contributed by atoms with van der Waals surface area (Å²) in [5.41, 5.74) is 0.836. The number of aliphatic carboxylic acids is 1. The van der Waals surface area contributed by atoms with Crippen molar-refractivity contribution in [2.75, 3.05) is 6.54 Å². The van der Waals surface area contributed by atoms with Crippen LogP contribution in [0.1, 0.15) is 53.5 Å². The lowest BCUT2D eigenvalue weighted by Gasteiger charge is -2.03. The molecule has 0 atom stereocenters. The molecule has 0 saturated heterocycles. The number of carboxylic acid groups (broad SMARTS) is 1. The first-order chi connectivity index (χ1) is 9.00. The van der Waals surface area contributed by atoms with Crippen molar-refractivity contribution in [3.8, 4) is 0 Å². The molecule has 1 amide bonds. The van der Waals surface area contributed by atoms with E-state index in [9.17, 15) is 14.4 Å². The van der Waals surface area contributed by atoms with E-state index in [4.69, 9.17) is 5.11 Å². The average Bonchev–Trinajstić information content (AvgIpc) is 2.82. The van der Waals surface area contributed by atoms with E-state index in [-0.39, 0.29) is 18.1 Å². The summed E-state index contributed by atoms with van der Waals surface area (Å²) in [7, 11) is 0. The fourth-order valence-electron chi connectivity index (χ4n) is 1.60. The highest BCUT2D eigenvalue weighted by atomic mass is 16.4. The zero-order chi connectivity index (χ0) is 14.3. The van der Waals surface area contributed by atoms with Gasteiger partial charge in [-0.3, -0.25) is 14.4 Å². The van der Waals surface area contributed by atoms with Crippen molar-refractivity contribution in [2.45, 2.75) is 32.6 Å². The fourth-order valence-corrected chi connectivity index (χ4v) is 1.60. The van der Waals surface area contributed by atoms with Crippen LogP contribution in [0.15, 0.2) is 12.3 Å². The molecule has 0 radical (unpaired) electrons. The van der Waals surface area contributed by atoms with Gasteiger partial charge in [-0.1, -0.05) is 6.42 Å². The third kappa shape index (κ3) is 5.37. The van der Waals surface area contributed by atoms with E-state index in [0.29, 0.717) is 24.2 Å². The predicted octanol–water partition coefficient (Wildman–Crippen LogP) is 1.59. The van der Waals surface area contributed by atoms with E-state index in [0.717, 1.165) is 12.8 Å². The molecule has 1 aromatic heterocycles. The van der Waals surface area contributed by atoms with Gasteiger partial charge in [0.1, 0.15) is 5.69 Å². The predicted molar refractivity (Wildman–Crippen MR) is 69.2 cm³/mol.